The van der Waals surface area contributed by atoms with Crippen LogP contribution in [-0.4, -0.2) is 46.6 Å². The van der Waals surface area contributed by atoms with E-state index < -0.39 is 5.60 Å². The molecule has 0 aliphatic carbocycles. The molecule has 1 aliphatic rings. The van der Waals surface area contributed by atoms with Crippen LogP contribution in [0.2, 0.25) is 0 Å². The molecule has 0 saturated carbocycles. The number of ether oxygens (including phenoxy) is 1. The summed E-state index contributed by atoms with van der Waals surface area (Å²) in [6.45, 7) is 6.84. The summed E-state index contributed by atoms with van der Waals surface area (Å²) in [5.74, 6) is 0.481. The van der Waals surface area contributed by atoms with Gasteiger partial charge in [-0.3, -0.25) is 4.79 Å². The van der Waals surface area contributed by atoms with Gasteiger partial charge in [-0.2, -0.15) is 0 Å². The van der Waals surface area contributed by atoms with Crippen molar-refractivity contribution >= 4 is 44.9 Å². The van der Waals surface area contributed by atoms with Crippen LogP contribution in [-0.2, 0) is 4.74 Å². The monoisotopic (exact) mass is 452 g/mol. The molecule has 32 heavy (non-hydrogen) atoms. The molecule has 2 N–H and O–H groups in total. The van der Waals surface area contributed by atoms with Gasteiger partial charge in [0, 0.05) is 40.8 Å². The number of anilines is 2. The molecule has 1 aromatic carbocycles. The zero-order valence-electron chi connectivity index (χ0n) is 18.6. The number of likely N-dealkylation sites (tertiary alicyclic amines) is 1. The van der Waals surface area contributed by atoms with Crippen LogP contribution in [0.25, 0.3) is 10.1 Å². The van der Waals surface area contributed by atoms with E-state index in [0.717, 1.165) is 22.9 Å². The summed E-state index contributed by atoms with van der Waals surface area (Å²) in [7, 11) is 0. The fourth-order valence-electron chi connectivity index (χ4n) is 3.69. The Kier molecular flexibility index (Phi) is 6.32. The van der Waals surface area contributed by atoms with Crippen molar-refractivity contribution in [2.45, 2.75) is 45.3 Å². The maximum Gasteiger partial charge on any atom is 0.410 e. The molecule has 8 heteroatoms. The topological polar surface area (TPSA) is 83.6 Å². The van der Waals surface area contributed by atoms with Gasteiger partial charge in [0.05, 0.1) is 11.3 Å². The Morgan fingerprint density at radius 3 is 2.62 bits per heavy atom. The van der Waals surface area contributed by atoms with Crippen LogP contribution in [0.5, 0.6) is 0 Å². The molecule has 7 nitrogen and oxygen atoms in total. The van der Waals surface area contributed by atoms with Gasteiger partial charge >= 0.3 is 6.09 Å². The zero-order valence-corrected chi connectivity index (χ0v) is 19.4. The van der Waals surface area contributed by atoms with Gasteiger partial charge in [0.2, 0.25) is 0 Å². The molecule has 0 unspecified atom stereocenters. The lowest BCUT2D eigenvalue weighted by atomic mass is 10.1. The maximum atomic E-state index is 12.9. The highest BCUT2D eigenvalue weighted by Gasteiger charge is 2.27. The number of piperidine rings is 1. The number of aromatic nitrogens is 1. The van der Waals surface area contributed by atoms with E-state index in [9.17, 15) is 9.59 Å². The van der Waals surface area contributed by atoms with Gasteiger partial charge in [-0.25, -0.2) is 9.78 Å². The van der Waals surface area contributed by atoms with E-state index >= 15 is 0 Å². The smallest absolute Gasteiger partial charge is 0.410 e. The highest BCUT2D eigenvalue weighted by molar-refractivity contribution is 7.17. The van der Waals surface area contributed by atoms with E-state index in [0.29, 0.717) is 30.2 Å². The van der Waals surface area contributed by atoms with Crippen LogP contribution >= 0.6 is 11.3 Å². The average molecular weight is 453 g/mol. The largest absolute Gasteiger partial charge is 0.444 e. The Balaban J connectivity index is 1.39. The Morgan fingerprint density at radius 2 is 1.88 bits per heavy atom. The summed E-state index contributed by atoms with van der Waals surface area (Å²) >= 11 is 1.56. The van der Waals surface area contributed by atoms with Crippen molar-refractivity contribution in [1.82, 2.24) is 9.88 Å². The summed E-state index contributed by atoms with van der Waals surface area (Å²) < 4.78 is 6.55. The minimum absolute atomic E-state index is 0.154. The molecule has 1 saturated heterocycles. The molecule has 1 fully saturated rings. The number of hydrogen-bond acceptors (Lipinski definition) is 6. The van der Waals surface area contributed by atoms with E-state index in [1.54, 1.807) is 28.5 Å². The second-order valence-electron chi connectivity index (χ2n) is 8.89. The first-order chi connectivity index (χ1) is 15.3. The SMILES string of the molecule is CC(C)(C)OC(=O)N1CCC(Nc2ncccc2NC(=O)c2csc3ccccc23)CC1. The number of carbonyl (C=O) groups is 2. The Labute approximate surface area is 191 Å². The second kappa shape index (κ2) is 9.16. The number of hydrogen-bond donors (Lipinski definition) is 2. The fourth-order valence-corrected chi connectivity index (χ4v) is 4.63. The summed E-state index contributed by atoms with van der Waals surface area (Å²) in [5, 5.41) is 9.28. The van der Waals surface area contributed by atoms with Crippen molar-refractivity contribution < 1.29 is 14.3 Å². The predicted molar refractivity (Wildman–Crippen MR) is 128 cm³/mol. The molecule has 168 valence electrons. The highest BCUT2D eigenvalue weighted by atomic mass is 32.1. The molecular weight excluding hydrogens is 424 g/mol. The lowest BCUT2D eigenvalue weighted by Gasteiger charge is -2.34. The van der Waals surface area contributed by atoms with E-state index in [2.05, 4.69) is 15.6 Å². The molecule has 4 rings (SSSR count). The third-order valence-corrected chi connectivity index (χ3v) is 6.23. The van der Waals surface area contributed by atoms with Crippen LogP contribution in [0.15, 0.2) is 48.0 Å². The number of fused-ring (bicyclic) bond motifs is 1. The predicted octanol–water partition coefficient (Wildman–Crippen LogP) is 5.36. The summed E-state index contributed by atoms with van der Waals surface area (Å²) in [6, 6.07) is 11.7. The van der Waals surface area contributed by atoms with Gasteiger partial charge in [-0.05, 0) is 51.8 Å². The number of thiophene rings is 1. The zero-order chi connectivity index (χ0) is 22.7. The van der Waals surface area contributed by atoms with Gasteiger partial charge in [0.15, 0.2) is 0 Å². The van der Waals surface area contributed by atoms with E-state index in [-0.39, 0.29) is 18.0 Å². The first kappa shape index (κ1) is 22.1. The first-order valence-electron chi connectivity index (χ1n) is 10.8. The normalized spacial score (nSPS) is 14.9. The van der Waals surface area contributed by atoms with Crippen molar-refractivity contribution in [2.75, 3.05) is 23.7 Å². The number of amides is 2. The van der Waals surface area contributed by atoms with Gasteiger partial charge < -0.3 is 20.3 Å². The lowest BCUT2D eigenvalue weighted by Crippen LogP contribution is -2.44. The van der Waals surface area contributed by atoms with Gasteiger partial charge in [0.1, 0.15) is 11.4 Å². The first-order valence-corrected chi connectivity index (χ1v) is 11.7. The summed E-state index contributed by atoms with van der Waals surface area (Å²) in [4.78, 5) is 31.4. The molecule has 0 radical (unpaired) electrons. The third-order valence-electron chi connectivity index (χ3n) is 5.27. The number of rotatable bonds is 4. The van der Waals surface area contributed by atoms with Gasteiger partial charge in [-0.1, -0.05) is 18.2 Å². The van der Waals surface area contributed by atoms with Crippen LogP contribution in [0.4, 0.5) is 16.3 Å². The molecule has 0 spiro atoms. The van der Waals surface area contributed by atoms with Crippen molar-refractivity contribution in [3.8, 4) is 0 Å². The van der Waals surface area contributed by atoms with Gasteiger partial charge in [-0.15, -0.1) is 11.3 Å². The van der Waals surface area contributed by atoms with Crippen molar-refractivity contribution in [3.63, 3.8) is 0 Å². The lowest BCUT2D eigenvalue weighted by molar-refractivity contribution is 0.0210. The molecule has 3 aromatic rings. The number of nitrogens with one attached hydrogen (secondary N) is 2. The highest BCUT2D eigenvalue weighted by Crippen LogP contribution is 2.28. The molecule has 2 aromatic heterocycles. The van der Waals surface area contributed by atoms with Crippen LogP contribution < -0.4 is 10.6 Å². The Bertz CT molecular complexity index is 1110. The van der Waals surface area contributed by atoms with E-state index in [1.165, 1.54) is 0 Å². The van der Waals surface area contributed by atoms with Gasteiger partial charge in [0.25, 0.3) is 5.91 Å². The number of benzene rings is 1. The van der Waals surface area contributed by atoms with Crippen LogP contribution in [0.1, 0.15) is 44.0 Å². The second-order valence-corrected chi connectivity index (χ2v) is 9.80. The molecule has 2 amide bonds. The number of carbonyl (C=O) groups excluding carboxylic acids is 2. The minimum atomic E-state index is -0.499. The maximum absolute atomic E-state index is 12.9. The Morgan fingerprint density at radius 1 is 1.12 bits per heavy atom. The number of nitrogens with zero attached hydrogens (tertiary/aromatic N) is 2. The Hall–Kier alpha value is -3.13. The van der Waals surface area contributed by atoms with Crippen molar-refractivity contribution in [1.29, 1.82) is 0 Å². The summed E-state index contributed by atoms with van der Waals surface area (Å²) in [5.41, 5.74) is 0.800. The molecule has 0 atom stereocenters. The molecule has 0 bridgehead atoms. The minimum Gasteiger partial charge on any atom is -0.444 e. The molecule has 1 aliphatic heterocycles. The van der Waals surface area contributed by atoms with Crippen LogP contribution in [0, 0.1) is 0 Å². The number of pyridine rings is 1. The third kappa shape index (κ3) is 5.19. The van der Waals surface area contributed by atoms with Crippen LogP contribution in [0.3, 0.4) is 0 Å². The van der Waals surface area contributed by atoms with E-state index in [4.69, 9.17) is 4.74 Å². The molecule has 3 heterocycles. The van der Waals surface area contributed by atoms with E-state index in [1.807, 2.05) is 56.5 Å². The average Bonchev–Trinajstić information content (AvgIpc) is 3.19. The van der Waals surface area contributed by atoms with Crippen molar-refractivity contribution in [2.24, 2.45) is 0 Å². The molecular formula is C24H28N4O3S. The van der Waals surface area contributed by atoms with Crippen molar-refractivity contribution in [3.05, 3.63) is 53.5 Å². The fraction of sp³-hybridized carbons (Fsp3) is 0.375. The standard InChI is InChI=1S/C24H28N4O3S/c1-24(2,3)31-23(30)28-13-10-16(11-14-28)26-21-19(8-6-12-25-21)27-22(29)18-15-32-20-9-5-4-7-17(18)20/h4-9,12,15-16H,10-11,13-14H2,1-3H3,(H,25,26)(H,27,29). The quantitative estimate of drug-likeness (QED) is 0.557. The summed E-state index contributed by atoms with van der Waals surface area (Å²) in [6.07, 6.45) is 2.98.